The molecule has 0 aromatic carbocycles. The monoisotopic (exact) mass is 153 g/mol. The van der Waals surface area contributed by atoms with E-state index in [4.69, 9.17) is 0 Å². The molecule has 0 aromatic heterocycles. The van der Waals surface area contributed by atoms with Crippen LogP contribution in [0, 0.1) is 0 Å². The number of hydrogen-bond acceptors (Lipinski definition) is 2. The lowest BCUT2D eigenvalue weighted by Gasteiger charge is -2.07. The van der Waals surface area contributed by atoms with Crippen molar-refractivity contribution in [1.82, 2.24) is 0 Å². The van der Waals surface area contributed by atoms with Gasteiger partial charge in [-0.15, -0.1) is 0 Å². The molecule has 1 aliphatic rings. The molecule has 0 bridgehead atoms. The zero-order valence-corrected chi connectivity index (χ0v) is 5.96. The number of carbonyl (C=O) groups excluding carboxylic acids is 1. The zero-order chi connectivity index (χ0) is 8.27. The first kappa shape index (κ1) is 7.85. The summed E-state index contributed by atoms with van der Waals surface area (Å²) in [5.41, 5.74) is 0.433. The second-order valence-corrected chi connectivity index (χ2v) is 2.20. The van der Waals surface area contributed by atoms with Crippen molar-refractivity contribution in [2.24, 2.45) is 4.99 Å². The van der Waals surface area contributed by atoms with E-state index >= 15 is 0 Å². The topological polar surface area (TPSA) is 29.4 Å². The van der Waals surface area contributed by atoms with Gasteiger partial charge in [-0.25, -0.2) is 4.39 Å². The van der Waals surface area contributed by atoms with Crippen LogP contribution in [0.4, 0.5) is 4.39 Å². The van der Waals surface area contributed by atoms with Crippen LogP contribution in [0.5, 0.6) is 0 Å². The molecule has 0 N–H and O–H groups in total. The second-order valence-electron chi connectivity index (χ2n) is 2.20. The minimum absolute atomic E-state index is 0.0708. The molecule has 1 heterocycles. The maximum Gasteiger partial charge on any atom is 0.193 e. The number of ketones is 1. The lowest BCUT2D eigenvalue weighted by atomic mass is 10.1. The highest BCUT2D eigenvalue weighted by molar-refractivity contribution is 6.06. The normalized spacial score (nSPS) is 22.6. The summed E-state index contributed by atoms with van der Waals surface area (Å²) < 4.78 is 12.5. The molecule has 0 radical (unpaired) electrons. The molecular weight excluding hydrogens is 145 g/mol. The number of rotatable bonds is 2. The van der Waals surface area contributed by atoms with Crippen LogP contribution < -0.4 is 0 Å². The molecule has 3 heteroatoms. The molecule has 0 fully saturated rings. The van der Waals surface area contributed by atoms with Crippen molar-refractivity contribution in [3.05, 3.63) is 24.3 Å². The summed E-state index contributed by atoms with van der Waals surface area (Å²) in [6, 6.07) is 0. The largest absolute Gasteiger partial charge is 0.290 e. The van der Waals surface area contributed by atoms with E-state index in [1.165, 1.54) is 18.4 Å². The Morgan fingerprint density at radius 3 is 3.18 bits per heavy atom. The highest BCUT2D eigenvalue weighted by Gasteiger charge is 2.14. The van der Waals surface area contributed by atoms with Crippen molar-refractivity contribution in [3.63, 3.8) is 0 Å². The van der Waals surface area contributed by atoms with Crippen LogP contribution in [0.3, 0.4) is 0 Å². The first-order valence-corrected chi connectivity index (χ1v) is 3.27. The smallest absolute Gasteiger partial charge is 0.193 e. The van der Waals surface area contributed by atoms with Crippen molar-refractivity contribution in [2.45, 2.75) is 12.7 Å². The average Bonchev–Trinajstić information content (AvgIpc) is 2.03. The van der Waals surface area contributed by atoms with Crippen LogP contribution >= 0.6 is 0 Å². The number of hydrogen-bond donors (Lipinski definition) is 0. The predicted molar refractivity (Wildman–Crippen MR) is 41.3 cm³/mol. The minimum Gasteiger partial charge on any atom is -0.290 e. The summed E-state index contributed by atoms with van der Waals surface area (Å²) in [6.07, 6.45) is 2.81. The van der Waals surface area contributed by atoms with Gasteiger partial charge in [0.2, 0.25) is 0 Å². The van der Waals surface area contributed by atoms with Gasteiger partial charge in [-0.2, -0.15) is 0 Å². The Balaban J connectivity index is 2.73. The van der Waals surface area contributed by atoms with E-state index in [9.17, 15) is 9.18 Å². The van der Waals surface area contributed by atoms with E-state index in [1.807, 2.05) is 0 Å². The summed E-state index contributed by atoms with van der Waals surface area (Å²) in [7, 11) is 0. The van der Waals surface area contributed by atoms with E-state index < -0.39 is 6.30 Å². The molecule has 2 nitrogen and oxygen atoms in total. The fourth-order valence-corrected chi connectivity index (χ4v) is 0.842. The fraction of sp³-hybridized carbons (Fsp3) is 0.250. The molecule has 0 saturated heterocycles. The maximum absolute atomic E-state index is 12.5. The summed E-state index contributed by atoms with van der Waals surface area (Å²) >= 11 is 0. The maximum atomic E-state index is 12.5. The van der Waals surface area contributed by atoms with Gasteiger partial charge < -0.3 is 0 Å². The van der Waals surface area contributed by atoms with Gasteiger partial charge in [-0.3, -0.25) is 9.79 Å². The highest BCUT2D eigenvalue weighted by atomic mass is 19.1. The minimum atomic E-state index is -1.26. The number of aliphatic imine (C=N–C) groups is 1. The molecule has 58 valence electrons. The Morgan fingerprint density at radius 2 is 2.64 bits per heavy atom. The third kappa shape index (κ3) is 1.83. The third-order valence-corrected chi connectivity index (χ3v) is 1.41. The molecule has 0 aromatic rings. The molecule has 0 aliphatic carbocycles. The van der Waals surface area contributed by atoms with Crippen molar-refractivity contribution < 1.29 is 9.18 Å². The van der Waals surface area contributed by atoms with Gasteiger partial charge in [-0.1, -0.05) is 6.58 Å². The molecule has 1 rings (SSSR count). The van der Waals surface area contributed by atoms with Gasteiger partial charge in [0, 0.05) is 18.2 Å². The Labute approximate surface area is 64.1 Å². The van der Waals surface area contributed by atoms with Gasteiger partial charge >= 0.3 is 0 Å². The number of carbonyl (C=O) groups is 1. The highest BCUT2D eigenvalue weighted by Crippen LogP contribution is 2.14. The van der Waals surface area contributed by atoms with Gasteiger partial charge in [0.15, 0.2) is 12.1 Å². The Kier molecular flexibility index (Phi) is 2.31. The summed E-state index contributed by atoms with van der Waals surface area (Å²) in [4.78, 5) is 14.3. The van der Waals surface area contributed by atoms with Gasteiger partial charge in [0.1, 0.15) is 0 Å². The molecule has 0 spiro atoms. The summed E-state index contributed by atoms with van der Waals surface area (Å²) in [5, 5.41) is 0. The van der Waals surface area contributed by atoms with Crippen molar-refractivity contribution in [1.29, 1.82) is 0 Å². The SMILES string of the molecule is C=CC(=O)C1=CC=NC(F)C1. The lowest BCUT2D eigenvalue weighted by molar-refractivity contribution is -0.111. The van der Waals surface area contributed by atoms with Crippen LogP contribution in [-0.4, -0.2) is 18.3 Å². The molecule has 11 heavy (non-hydrogen) atoms. The van der Waals surface area contributed by atoms with Crippen molar-refractivity contribution >= 4 is 12.0 Å². The number of nitrogens with zero attached hydrogens (tertiary/aromatic N) is 1. The van der Waals surface area contributed by atoms with Crippen molar-refractivity contribution in [3.8, 4) is 0 Å². The Morgan fingerprint density at radius 1 is 1.91 bits per heavy atom. The van der Waals surface area contributed by atoms with Gasteiger partial charge in [0.05, 0.1) is 0 Å². The zero-order valence-electron chi connectivity index (χ0n) is 5.96. The van der Waals surface area contributed by atoms with Gasteiger partial charge in [-0.05, 0) is 12.2 Å². The standard InChI is InChI=1S/C8H8FNO/c1-2-7(11)6-3-4-10-8(9)5-6/h2-4,8H,1,5H2. The van der Waals surface area contributed by atoms with Crippen LogP contribution in [0.25, 0.3) is 0 Å². The Bertz CT molecular complexity index is 242. The number of allylic oxidation sites excluding steroid dienone is 2. The van der Waals surface area contributed by atoms with Crippen LogP contribution in [0.2, 0.25) is 0 Å². The van der Waals surface area contributed by atoms with E-state index in [0.717, 1.165) is 0 Å². The predicted octanol–water partition coefficient (Wildman–Crippen LogP) is 1.44. The lowest BCUT2D eigenvalue weighted by Crippen LogP contribution is -2.09. The molecular formula is C8H8FNO. The molecule has 0 amide bonds. The van der Waals surface area contributed by atoms with E-state index in [0.29, 0.717) is 5.57 Å². The quantitative estimate of drug-likeness (QED) is 0.436. The molecule has 1 unspecified atom stereocenters. The first-order valence-electron chi connectivity index (χ1n) is 3.27. The second kappa shape index (κ2) is 3.23. The third-order valence-electron chi connectivity index (χ3n) is 1.41. The number of dihydropyridines is 1. The van der Waals surface area contributed by atoms with Crippen LogP contribution in [0.1, 0.15) is 6.42 Å². The van der Waals surface area contributed by atoms with Crippen LogP contribution in [-0.2, 0) is 4.79 Å². The Hall–Kier alpha value is -1.25. The van der Waals surface area contributed by atoms with E-state index in [1.54, 1.807) is 0 Å². The molecule has 1 aliphatic heterocycles. The fourth-order valence-electron chi connectivity index (χ4n) is 0.842. The summed E-state index contributed by atoms with van der Waals surface area (Å²) in [6.45, 7) is 3.30. The van der Waals surface area contributed by atoms with Crippen LogP contribution in [0.15, 0.2) is 29.3 Å². The van der Waals surface area contributed by atoms with E-state index in [-0.39, 0.29) is 12.2 Å². The number of alkyl halides is 1. The van der Waals surface area contributed by atoms with Gasteiger partial charge in [0.25, 0.3) is 0 Å². The van der Waals surface area contributed by atoms with E-state index in [2.05, 4.69) is 11.6 Å². The summed E-state index contributed by atoms with van der Waals surface area (Å²) in [5.74, 6) is -0.223. The molecule has 1 atom stereocenters. The first-order chi connectivity index (χ1) is 5.24. The molecule has 0 saturated carbocycles. The average molecular weight is 153 g/mol. The van der Waals surface area contributed by atoms with Crippen molar-refractivity contribution in [2.75, 3.05) is 0 Å². The number of halogens is 1.